The number of anilines is 1. The van der Waals surface area contributed by atoms with Crippen molar-refractivity contribution < 1.29 is 19.2 Å². The molecule has 2 N–H and O–H groups in total. The fourth-order valence-electron chi connectivity index (χ4n) is 3.60. The minimum Gasteiger partial charge on any atom is -0.486 e. The highest BCUT2D eigenvalue weighted by molar-refractivity contribution is 5.97. The molecule has 1 unspecified atom stereocenters. The van der Waals surface area contributed by atoms with Gasteiger partial charge in [0.25, 0.3) is 5.91 Å². The van der Waals surface area contributed by atoms with Crippen LogP contribution in [0.1, 0.15) is 12.5 Å². The van der Waals surface area contributed by atoms with Crippen molar-refractivity contribution in [3.8, 4) is 22.6 Å². The Labute approximate surface area is 177 Å². The van der Waals surface area contributed by atoms with Crippen molar-refractivity contribution in [1.82, 2.24) is 0 Å². The van der Waals surface area contributed by atoms with Gasteiger partial charge >= 0.3 is 0 Å². The van der Waals surface area contributed by atoms with E-state index in [2.05, 4.69) is 5.32 Å². The number of carbonyl (C=O) groups is 1. The van der Waals surface area contributed by atoms with E-state index in [1.54, 1.807) is 0 Å². The molecule has 0 spiro atoms. The van der Waals surface area contributed by atoms with Gasteiger partial charge in [0.2, 0.25) is 0 Å². The van der Waals surface area contributed by atoms with Gasteiger partial charge in [0.05, 0.1) is 7.05 Å². The van der Waals surface area contributed by atoms with Crippen LogP contribution < -0.4 is 19.7 Å². The van der Waals surface area contributed by atoms with Crippen molar-refractivity contribution >= 4 is 11.6 Å². The number of quaternary nitrogens is 1. The summed E-state index contributed by atoms with van der Waals surface area (Å²) in [5.74, 6) is 1.56. The van der Waals surface area contributed by atoms with E-state index in [1.165, 1.54) is 0 Å². The summed E-state index contributed by atoms with van der Waals surface area (Å²) < 4.78 is 11.3. The van der Waals surface area contributed by atoms with E-state index in [-0.39, 0.29) is 11.9 Å². The van der Waals surface area contributed by atoms with E-state index >= 15 is 0 Å². The minimum absolute atomic E-state index is 0.00609. The summed E-state index contributed by atoms with van der Waals surface area (Å²) in [6, 6.07) is 23.8. The molecule has 5 heteroatoms. The average Bonchev–Trinajstić information content (AvgIpc) is 2.79. The quantitative estimate of drug-likeness (QED) is 0.665. The van der Waals surface area contributed by atoms with Crippen LogP contribution in [0.3, 0.4) is 0 Å². The first-order valence-electron chi connectivity index (χ1n) is 10.3. The Balaban J connectivity index is 1.44. The van der Waals surface area contributed by atoms with Crippen LogP contribution >= 0.6 is 0 Å². The number of likely N-dealkylation sites (N-methyl/N-ethyl adjacent to an activating group) is 1. The third-order valence-electron chi connectivity index (χ3n) is 5.49. The normalized spacial score (nSPS) is 14.6. The highest BCUT2D eigenvalue weighted by Crippen LogP contribution is 2.30. The van der Waals surface area contributed by atoms with Gasteiger partial charge in [-0.15, -0.1) is 0 Å². The predicted octanol–water partition coefficient (Wildman–Crippen LogP) is 3.17. The lowest BCUT2D eigenvalue weighted by Gasteiger charge is -2.23. The molecule has 0 radical (unpaired) electrons. The molecule has 1 amide bonds. The maximum atomic E-state index is 13.0. The minimum atomic E-state index is -0.220. The van der Waals surface area contributed by atoms with E-state index in [4.69, 9.17) is 9.47 Å². The van der Waals surface area contributed by atoms with E-state index in [0.717, 1.165) is 38.8 Å². The van der Waals surface area contributed by atoms with Gasteiger partial charge in [0.15, 0.2) is 17.5 Å². The highest BCUT2D eigenvalue weighted by Gasteiger charge is 2.23. The van der Waals surface area contributed by atoms with E-state index in [9.17, 15) is 4.79 Å². The molecule has 0 aliphatic carbocycles. The number of rotatable bonds is 6. The van der Waals surface area contributed by atoms with Crippen LogP contribution in [-0.4, -0.2) is 32.2 Å². The SMILES string of the molecule is C[C@H](C(=O)Nc1ccccc1-c1ccccc1)[NH+](C)Cc1ccc2c(c1)OCCO2. The Hall–Kier alpha value is -3.31. The number of carbonyl (C=O) groups excluding carboxylic acids is 1. The monoisotopic (exact) mass is 403 g/mol. The zero-order valence-electron chi connectivity index (χ0n) is 17.4. The van der Waals surface area contributed by atoms with Crippen molar-refractivity contribution in [2.45, 2.75) is 19.5 Å². The van der Waals surface area contributed by atoms with Gasteiger partial charge in [-0.05, 0) is 36.8 Å². The van der Waals surface area contributed by atoms with Crippen LogP contribution in [0, 0.1) is 0 Å². The lowest BCUT2D eigenvalue weighted by atomic mass is 10.0. The Kier molecular flexibility index (Phi) is 6.00. The molecular weight excluding hydrogens is 376 g/mol. The maximum absolute atomic E-state index is 13.0. The molecule has 1 heterocycles. The highest BCUT2D eigenvalue weighted by atomic mass is 16.6. The largest absolute Gasteiger partial charge is 0.486 e. The van der Waals surface area contributed by atoms with Crippen LogP contribution in [0.15, 0.2) is 72.8 Å². The van der Waals surface area contributed by atoms with Crippen LogP contribution in [0.4, 0.5) is 5.69 Å². The van der Waals surface area contributed by atoms with Crippen molar-refractivity contribution in [3.05, 3.63) is 78.4 Å². The van der Waals surface area contributed by atoms with Gasteiger partial charge < -0.3 is 19.7 Å². The first-order valence-corrected chi connectivity index (χ1v) is 10.3. The summed E-state index contributed by atoms with van der Waals surface area (Å²) in [6.45, 7) is 3.82. The maximum Gasteiger partial charge on any atom is 0.282 e. The Morgan fingerprint density at radius 1 is 0.967 bits per heavy atom. The van der Waals surface area contributed by atoms with Gasteiger partial charge in [0, 0.05) is 16.8 Å². The zero-order valence-corrected chi connectivity index (χ0v) is 17.4. The number of amides is 1. The summed E-state index contributed by atoms with van der Waals surface area (Å²) >= 11 is 0. The number of benzene rings is 3. The van der Waals surface area contributed by atoms with Gasteiger partial charge in [-0.1, -0.05) is 48.5 Å². The Bertz CT molecular complexity index is 1020. The summed E-state index contributed by atoms with van der Waals surface area (Å²) in [7, 11) is 2.03. The number of hydrogen-bond donors (Lipinski definition) is 2. The first kappa shape index (κ1) is 20.0. The number of nitrogens with one attached hydrogen (secondary N) is 2. The van der Waals surface area contributed by atoms with Crippen molar-refractivity contribution in [2.24, 2.45) is 0 Å². The third kappa shape index (κ3) is 4.47. The second-order valence-electron chi connectivity index (χ2n) is 7.62. The third-order valence-corrected chi connectivity index (χ3v) is 5.49. The molecule has 30 heavy (non-hydrogen) atoms. The summed E-state index contributed by atoms with van der Waals surface area (Å²) in [5.41, 5.74) is 4.04. The molecule has 0 saturated heterocycles. The molecule has 1 aliphatic heterocycles. The lowest BCUT2D eigenvalue weighted by Crippen LogP contribution is -3.12. The van der Waals surface area contributed by atoms with Crippen molar-refractivity contribution in [3.63, 3.8) is 0 Å². The summed E-state index contributed by atoms with van der Waals surface area (Å²) in [6.07, 6.45) is 0. The van der Waals surface area contributed by atoms with Gasteiger partial charge in [-0.25, -0.2) is 0 Å². The van der Waals surface area contributed by atoms with Gasteiger partial charge in [-0.2, -0.15) is 0 Å². The van der Waals surface area contributed by atoms with Crippen molar-refractivity contribution in [1.29, 1.82) is 0 Å². The molecule has 3 aromatic carbocycles. The molecule has 154 valence electrons. The van der Waals surface area contributed by atoms with E-state index in [1.807, 2.05) is 86.8 Å². The van der Waals surface area contributed by atoms with Gasteiger partial charge in [0.1, 0.15) is 19.8 Å². The summed E-state index contributed by atoms with van der Waals surface area (Å²) in [5, 5.41) is 3.12. The molecule has 2 atom stereocenters. The molecular formula is C25H27N2O3+. The van der Waals surface area contributed by atoms with Crippen molar-refractivity contribution in [2.75, 3.05) is 25.6 Å². The molecule has 5 nitrogen and oxygen atoms in total. The number of fused-ring (bicyclic) bond motifs is 1. The van der Waals surface area contributed by atoms with E-state index < -0.39 is 0 Å². The smallest absolute Gasteiger partial charge is 0.282 e. The molecule has 0 fully saturated rings. The Morgan fingerprint density at radius 3 is 2.47 bits per heavy atom. The molecule has 0 saturated carbocycles. The molecule has 0 bridgehead atoms. The van der Waals surface area contributed by atoms with E-state index in [0.29, 0.717) is 19.8 Å². The molecule has 1 aliphatic rings. The fourth-order valence-corrected chi connectivity index (χ4v) is 3.60. The van der Waals surface area contributed by atoms with Crippen LogP contribution in [0.5, 0.6) is 11.5 Å². The molecule has 4 rings (SSSR count). The standard InChI is InChI=1S/C25H26N2O3/c1-18(27(2)17-19-12-13-23-24(16-19)30-15-14-29-23)25(28)26-22-11-7-6-10-21(22)20-8-4-3-5-9-20/h3-13,16,18H,14-15,17H2,1-2H3,(H,26,28)/p+1/t18-/m1/s1. The van der Waals surface area contributed by atoms with Crippen LogP contribution in [0.25, 0.3) is 11.1 Å². The second kappa shape index (κ2) is 9.01. The number of para-hydroxylation sites is 1. The second-order valence-corrected chi connectivity index (χ2v) is 7.62. The molecule has 0 aromatic heterocycles. The lowest BCUT2D eigenvalue weighted by molar-refractivity contribution is -0.907. The topological polar surface area (TPSA) is 52.0 Å². The average molecular weight is 404 g/mol. The zero-order chi connectivity index (χ0) is 20.9. The summed E-state index contributed by atoms with van der Waals surface area (Å²) in [4.78, 5) is 14.1. The first-order chi connectivity index (χ1) is 14.6. The predicted molar refractivity (Wildman–Crippen MR) is 118 cm³/mol. The number of ether oxygens (including phenoxy) is 2. The van der Waals surface area contributed by atoms with Crippen LogP contribution in [0.2, 0.25) is 0 Å². The fraction of sp³-hybridized carbons (Fsp3) is 0.240. The Morgan fingerprint density at radius 2 is 1.67 bits per heavy atom. The van der Waals surface area contributed by atoms with Gasteiger partial charge in [-0.3, -0.25) is 4.79 Å². The van der Waals surface area contributed by atoms with Crippen LogP contribution in [-0.2, 0) is 11.3 Å². The number of hydrogen-bond acceptors (Lipinski definition) is 3. The molecule has 3 aromatic rings.